The van der Waals surface area contributed by atoms with Crippen LogP contribution in [0.5, 0.6) is 5.75 Å². The molecular weight excluding hydrogens is 226 g/mol. The number of aliphatic imine (C=N–C) groups is 1. The summed E-state index contributed by atoms with van der Waals surface area (Å²) in [7, 11) is 1.70. The van der Waals surface area contributed by atoms with Crippen molar-refractivity contribution in [1.29, 1.82) is 0 Å². The fourth-order valence-corrected chi connectivity index (χ4v) is 2.83. The van der Waals surface area contributed by atoms with Gasteiger partial charge in [-0.1, -0.05) is 18.6 Å². The number of hydrogen-bond donors (Lipinski definition) is 1. The minimum absolute atomic E-state index is 0.412. The molecule has 18 heavy (non-hydrogen) atoms. The summed E-state index contributed by atoms with van der Waals surface area (Å²) in [6.07, 6.45) is 3.92. The van der Waals surface area contributed by atoms with Crippen molar-refractivity contribution in [2.24, 2.45) is 16.6 Å². The van der Waals surface area contributed by atoms with E-state index in [0.717, 1.165) is 23.9 Å². The number of methoxy groups -OCH3 is 1. The first-order valence-corrected chi connectivity index (χ1v) is 6.53. The van der Waals surface area contributed by atoms with Crippen LogP contribution in [0.3, 0.4) is 0 Å². The molecule has 4 nitrogen and oxygen atoms in total. The van der Waals surface area contributed by atoms with E-state index in [-0.39, 0.29) is 0 Å². The molecular formula is C14H19N3O. The average molecular weight is 245 g/mol. The zero-order valence-electron chi connectivity index (χ0n) is 10.7. The van der Waals surface area contributed by atoms with E-state index in [0.29, 0.717) is 12.0 Å². The van der Waals surface area contributed by atoms with E-state index >= 15 is 0 Å². The maximum Gasteiger partial charge on any atom is 0.196 e. The number of anilines is 1. The Kier molecular flexibility index (Phi) is 2.86. The largest absolute Gasteiger partial charge is 0.495 e. The van der Waals surface area contributed by atoms with Gasteiger partial charge in [-0.3, -0.25) is 4.99 Å². The Morgan fingerprint density at radius 3 is 2.78 bits per heavy atom. The van der Waals surface area contributed by atoms with Crippen LogP contribution in [0.15, 0.2) is 29.3 Å². The fourth-order valence-electron chi connectivity index (χ4n) is 2.83. The summed E-state index contributed by atoms with van der Waals surface area (Å²) in [4.78, 5) is 6.57. The molecule has 4 heteroatoms. The Labute approximate surface area is 107 Å². The Bertz CT molecular complexity index is 468. The van der Waals surface area contributed by atoms with Crippen molar-refractivity contribution in [1.82, 2.24) is 0 Å². The van der Waals surface area contributed by atoms with E-state index in [4.69, 9.17) is 10.5 Å². The van der Waals surface area contributed by atoms with E-state index in [1.54, 1.807) is 7.11 Å². The molecule has 0 saturated heterocycles. The van der Waals surface area contributed by atoms with E-state index in [1.807, 2.05) is 18.2 Å². The molecule has 1 atom stereocenters. The molecule has 1 aromatic rings. The van der Waals surface area contributed by atoms with Gasteiger partial charge in [0.05, 0.1) is 25.4 Å². The molecule has 3 rings (SSSR count). The Hall–Kier alpha value is -1.71. The normalized spacial score (nSPS) is 23.7. The second-order valence-corrected chi connectivity index (χ2v) is 5.00. The number of rotatable bonds is 3. The molecule has 1 fully saturated rings. The first-order chi connectivity index (χ1) is 8.81. The maximum atomic E-state index is 6.06. The van der Waals surface area contributed by atoms with Crippen LogP contribution in [0.25, 0.3) is 0 Å². The molecule has 1 saturated carbocycles. The van der Waals surface area contributed by atoms with Crippen LogP contribution in [0, 0.1) is 5.92 Å². The van der Waals surface area contributed by atoms with E-state index in [9.17, 15) is 0 Å². The molecule has 2 N–H and O–H groups in total. The van der Waals surface area contributed by atoms with Crippen molar-refractivity contribution in [2.75, 3.05) is 18.6 Å². The predicted molar refractivity (Wildman–Crippen MR) is 73.1 cm³/mol. The summed E-state index contributed by atoms with van der Waals surface area (Å²) in [6.45, 7) is 0.814. The summed E-state index contributed by atoms with van der Waals surface area (Å²) in [5.41, 5.74) is 7.10. The van der Waals surface area contributed by atoms with Gasteiger partial charge < -0.3 is 15.4 Å². The fraction of sp³-hybridized carbons (Fsp3) is 0.500. The lowest BCUT2D eigenvalue weighted by Gasteiger charge is -2.37. The average Bonchev–Trinajstić information content (AvgIpc) is 2.69. The smallest absolute Gasteiger partial charge is 0.196 e. The second-order valence-electron chi connectivity index (χ2n) is 5.00. The number of nitrogens with two attached hydrogens (primary N) is 1. The molecule has 1 aliphatic carbocycles. The SMILES string of the molecule is COc1ccccc1N1C(N)=NCC1C1CCC1. The minimum atomic E-state index is 0.412. The van der Waals surface area contributed by atoms with Gasteiger partial charge in [-0.05, 0) is 30.9 Å². The number of ether oxygens (including phenoxy) is 1. The molecule has 0 bridgehead atoms. The Balaban J connectivity index is 1.94. The summed E-state index contributed by atoms with van der Waals surface area (Å²) in [5.74, 6) is 2.21. The number of nitrogens with zero attached hydrogens (tertiary/aromatic N) is 2. The molecule has 0 radical (unpaired) electrons. The highest BCUT2D eigenvalue weighted by atomic mass is 16.5. The van der Waals surface area contributed by atoms with Gasteiger partial charge in [0.15, 0.2) is 5.96 Å². The highest BCUT2D eigenvalue weighted by Gasteiger charge is 2.37. The van der Waals surface area contributed by atoms with Gasteiger partial charge in [0.25, 0.3) is 0 Å². The number of benzene rings is 1. The monoisotopic (exact) mass is 245 g/mol. The van der Waals surface area contributed by atoms with E-state index in [2.05, 4.69) is 16.0 Å². The zero-order valence-corrected chi connectivity index (χ0v) is 10.7. The molecule has 1 unspecified atom stereocenters. The standard InChI is InChI=1S/C14H19N3O/c1-18-13-8-3-2-7-11(13)17-12(9-16-14(17)15)10-5-4-6-10/h2-3,7-8,10,12H,4-6,9H2,1H3,(H2,15,16). The molecule has 1 aliphatic heterocycles. The molecule has 0 aromatic heterocycles. The Morgan fingerprint density at radius 2 is 2.11 bits per heavy atom. The third-order valence-corrected chi connectivity index (χ3v) is 4.06. The molecule has 1 aromatic carbocycles. The summed E-state index contributed by atoms with van der Waals surface area (Å²) in [6, 6.07) is 8.43. The predicted octanol–water partition coefficient (Wildman–Crippen LogP) is 2.00. The third-order valence-electron chi connectivity index (χ3n) is 4.06. The summed E-state index contributed by atoms with van der Waals surface area (Å²) < 4.78 is 5.43. The molecule has 0 spiro atoms. The molecule has 96 valence electrons. The van der Waals surface area contributed by atoms with Crippen LogP contribution in [-0.2, 0) is 0 Å². The lowest BCUT2D eigenvalue weighted by atomic mass is 9.79. The van der Waals surface area contributed by atoms with Crippen molar-refractivity contribution >= 4 is 11.6 Å². The van der Waals surface area contributed by atoms with Gasteiger partial charge in [0, 0.05) is 0 Å². The first-order valence-electron chi connectivity index (χ1n) is 6.53. The van der Waals surface area contributed by atoms with Crippen molar-refractivity contribution < 1.29 is 4.74 Å². The van der Waals surface area contributed by atoms with E-state index < -0.39 is 0 Å². The number of para-hydroxylation sites is 2. The highest BCUT2D eigenvalue weighted by molar-refractivity contribution is 5.98. The minimum Gasteiger partial charge on any atom is -0.495 e. The van der Waals surface area contributed by atoms with Crippen LogP contribution in [-0.4, -0.2) is 25.7 Å². The van der Waals surface area contributed by atoms with Gasteiger partial charge in [0.1, 0.15) is 5.75 Å². The quantitative estimate of drug-likeness (QED) is 0.886. The van der Waals surface area contributed by atoms with Crippen LogP contribution >= 0.6 is 0 Å². The van der Waals surface area contributed by atoms with E-state index in [1.165, 1.54) is 19.3 Å². The van der Waals surface area contributed by atoms with Crippen molar-refractivity contribution in [2.45, 2.75) is 25.3 Å². The van der Waals surface area contributed by atoms with Gasteiger partial charge >= 0.3 is 0 Å². The maximum absolute atomic E-state index is 6.06. The topological polar surface area (TPSA) is 50.9 Å². The van der Waals surface area contributed by atoms with Crippen molar-refractivity contribution in [3.8, 4) is 5.75 Å². The third kappa shape index (κ3) is 1.72. The second kappa shape index (κ2) is 4.52. The zero-order chi connectivity index (χ0) is 12.5. The molecule has 1 heterocycles. The summed E-state index contributed by atoms with van der Waals surface area (Å²) >= 11 is 0. The molecule has 2 aliphatic rings. The lowest BCUT2D eigenvalue weighted by Crippen LogP contribution is -2.46. The van der Waals surface area contributed by atoms with Gasteiger partial charge in [-0.25, -0.2) is 0 Å². The highest BCUT2D eigenvalue weighted by Crippen LogP contribution is 2.39. The molecule has 0 amide bonds. The van der Waals surface area contributed by atoms with Crippen molar-refractivity contribution in [3.63, 3.8) is 0 Å². The van der Waals surface area contributed by atoms with Gasteiger partial charge in [-0.2, -0.15) is 0 Å². The van der Waals surface area contributed by atoms with Crippen LogP contribution in [0.1, 0.15) is 19.3 Å². The van der Waals surface area contributed by atoms with Gasteiger partial charge in [-0.15, -0.1) is 0 Å². The Morgan fingerprint density at radius 1 is 1.33 bits per heavy atom. The van der Waals surface area contributed by atoms with Crippen LogP contribution in [0.2, 0.25) is 0 Å². The first kappa shape index (κ1) is 11.4. The van der Waals surface area contributed by atoms with Crippen molar-refractivity contribution in [3.05, 3.63) is 24.3 Å². The lowest BCUT2D eigenvalue weighted by molar-refractivity contribution is 0.271. The summed E-state index contributed by atoms with van der Waals surface area (Å²) in [5, 5.41) is 0. The number of guanidine groups is 1. The van der Waals surface area contributed by atoms with Crippen LogP contribution < -0.4 is 15.4 Å². The number of hydrogen-bond acceptors (Lipinski definition) is 4. The van der Waals surface area contributed by atoms with Gasteiger partial charge in [0.2, 0.25) is 0 Å². The van der Waals surface area contributed by atoms with Crippen LogP contribution in [0.4, 0.5) is 5.69 Å².